The summed E-state index contributed by atoms with van der Waals surface area (Å²) in [5.74, 6) is 0. The van der Waals surface area contributed by atoms with Crippen molar-refractivity contribution >= 4 is 27.2 Å². The number of aromatic nitrogens is 2. The summed E-state index contributed by atoms with van der Waals surface area (Å²) < 4.78 is 27.6. The highest BCUT2D eigenvalue weighted by Gasteiger charge is 2.23. The van der Waals surface area contributed by atoms with E-state index in [1.165, 1.54) is 6.92 Å². The average molecular weight is 276 g/mol. The molecule has 17 heavy (non-hydrogen) atoms. The molecule has 1 unspecified atom stereocenters. The van der Waals surface area contributed by atoms with Crippen LogP contribution in [-0.2, 0) is 23.6 Å². The summed E-state index contributed by atoms with van der Waals surface area (Å²) in [4.78, 5) is -0.0413. The zero-order valence-electron chi connectivity index (χ0n) is 9.97. The van der Waals surface area contributed by atoms with Gasteiger partial charge in [0, 0.05) is 25.4 Å². The smallest absolute Gasteiger partial charge is 0.221 e. The van der Waals surface area contributed by atoms with E-state index >= 15 is 0 Å². The van der Waals surface area contributed by atoms with E-state index in [-0.39, 0.29) is 11.5 Å². The third kappa shape index (κ3) is 3.48. The van der Waals surface area contributed by atoms with Crippen LogP contribution >= 0.6 is 12.2 Å². The molecule has 0 aliphatic rings. The number of nitrogens with one attached hydrogen (secondary N) is 1. The van der Waals surface area contributed by atoms with E-state index < -0.39 is 15.3 Å². The van der Waals surface area contributed by atoms with Crippen LogP contribution in [0.15, 0.2) is 6.20 Å². The van der Waals surface area contributed by atoms with Crippen molar-refractivity contribution in [2.24, 2.45) is 12.8 Å². The third-order valence-electron chi connectivity index (χ3n) is 2.45. The Morgan fingerprint density at radius 1 is 1.71 bits per heavy atom. The molecule has 0 aliphatic carbocycles. The fourth-order valence-electron chi connectivity index (χ4n) is 1.28. The normalized spacial score (nSPS) is 13.6. The Morgan fingerprint density at radius 2 is 2.29 bits per heavy atom. The van der Waals surface area contributed by atoms with Gasteiger partial charge in [-0.25, -0.2) is 13.1 Å². The minimum Gasteiger partial charge on any atom is -0.392 e. The molecule has 3 N–H and O–H groups in total. The SMILES string of the molecule is Cc1nn(C)cc1CNS(=O)(=O)C(C)C(N)=S. The summed E-state index contributed by atoms with van der Waals surface area (Å²) >= 11 is 4.67. The lowest BCUT2D eigenvalue weighted by Gasteiger charge is -2.11. The van der Waals surface area contributed by atoms with Crippen molar-refractivity contribution in [3.05, 3.63) is 17.5 Å². The number of nitrogens with two attached hydrogens (primary N) is 1. The number of hydrogen-bond donors (Lipinski definition) is 2. The summed E-state index contributed by atoms with van der Waals surface area (Å²) in [6, 6.07) is 0. The Balaban J connectivity index is 2.74. The first kappa shape index (κ1) is 14.1. The number of rotatable bonds is 5. The number of hydrogen-bond acceptors (Lipinski definition) is 4. The van der Waals surface area contributed by atoms with Crippen LogP contribution in [0.4, 0.5) is 0 Å². The van der Waals surface area contributed by atoms with Gasteiger partial charge in [-0.3, -0.25) is 4.68 Å². The van der Waals surface area contributed by atoms with Gasteiger partial charge in [0.2, 0.25) is 10.0 Å². The Bertz CT molecular complexity index is 521. The Hall–Kier alpha value is -0.990. The molecule has 1 rings (SSSR count). The quantitative estimate of drug-likeness (QED) is 0.728. The van der Waals surface area contributed by atoms with Crippen LogP contribution in [0.1, 0.15) is 18.2 Å². The molecular formula is C9H16N4O2S2. The van der Waals surface area contributed by atoms with Crippen LogP contribution in [-0.4, -0.2) is 28.4 Å². The number of thiocarbonyl (C=S) groups is 1. The molecule has 0 bridgehead atoms. The van der Waals surface area contributed by atoms with Crippen molar-refractivity contribution in [1.82, 2.24) is 14.5 Å². The fourth-order valence-corrected chi connectivity index (χ4v) is 2.57. The zero-order chi connectivity index (χ0) is 13.2. The molecule has 96 valence electrons. The number of nitrogens with zero attached hydrogens (tertiary/aromatic N) is 2. The van der Waals surface area contributed by atoms with E-state index in [1.54, 1.807) is 17.9 Å². The van der Waals surface area contributed by atoms with Gasteiger partial charge < -0.3 is 5.73 Å². The van der Waals surface area contributed by atoms with Gasteiger partial charge in [0.25, 0.3) is 0 Å². The van der Waals surface area contributed by atoms with Crippen LogP contribution in [0.5, 0.6) is 0 Å². The fraction of sp³-hybridized carbons (Fsp3) is 0.556. The van der Waals surface area contributed by atoms with Gasteiger partial charge in [-0.15, -0.1) is 0 Å². The molecule has 0 aromatic carbocycles. The van der Waals surface area contributed by atoms with E-state index in [2.05, 4.69) is 22.0 Å². The van der Waals surface area contributed by atoms with Crippen molar-refractivity contribution < 1.29 is 8.42 Å². The molecule has 1 atom stereocenters. The second kappa shape index (κ2) is 5.11. The zero-order valence-corrected chi connectivity index (χ0v) is 11.6. The minimum atomic E-state index is -3.52. The minimum absolute atomic E-state index is 0.0413. The lowest BCUT2D eigenvalue weighted by Crippen LogP contribution is -2.39. The van der Waals surface area contributed by atoms with E-state index in [0.717, 1.165) is 11.3 Å². The maximum Gasteiger partial charge on any atom is 0.221 e. The number of aryl methyl sites for hydroxylation is 2. The van der Waals surface area contributed by atoms with Gasteiger partial charge in [-0.1, -0.05) is 12.2 Å². The Morgan fingerprint density at radius 3 is 2.71 bits per heavy atom. The average Bonchev–Trinajstić information content (AvgIpc) is 2.53. The van der Waals surface area contributed by atoms with E-state index in [1.807, 2.05) is 6.92 Å². The Kier molecular flexibility index (Phi) is 4.23. The lowest BCUT2D eigenvalue weighted by molar-refractivity contribution is 0.578. The van der Waals surface area contributed by atoms with Crippen LogP contribution in [0.3, 0.4) is 0 Å². The predicted molar refractivity (Wildman–Crippen MR) is 70.0 cm³/mol. The van der Waals surface area contributed by atoms with Crippen molar-refractivity contribution in [3.8, 4) is 0 Å². The molecule has 0 spiro atoms. The molecule has 8 heteroatoms. The monoisotopic (exact) mass is 276 g/mol. The first-order valence-electron chi connectivity index (χ1n) is 5.01. The molecular weight excluding hydrogens is 260 g/mol. The van der Waals surface area contributed by atoms with E-state index in [0.29, 0.717) is 0 Å². The standard InChI is InChI=1S/C9H16N4O2S2/c1-6-8(5-13(3)12-6)4-11-17(14,15)7(2)9(10)16/h5,7,11H,4H2,1-3H3,(H2,10,16). The van der Waals surface area contributed by atoms with Crippen molar-refractivity contribution in [2.75, 3.05) is 0 Å². The largest absolute Gasteiger partial charge is 0.392 e. The van der Waals surface area contributed by atoms with Gasteiger partial charge in [0.1, 0.15) is 5.25 Å². The molecule has 0 saturated carbocycles. The molecule has 0 saturated heterocycles. The lowest BCUT2D eigenvalue weighted by atomic mass is 10.3. The van der Waals surface area contributed by atoms with Crippen LogP contribution < -0.4 is 10.5 Å². The molecule has 0 amide bonds. The highest BCUT2D eigenvalue weighted by atomic mass is 32.2. The third-order valence-corrected chi connectivity index (χ3v) is 4.68. The first-order chi connectivity index (χ1) is 7.74. The van der Waals surface area contributed by atoms with Crippen molar-refractivity contribution in [2.45, 2.75) is 25.6 Å². The topological polar surface area (TPSA) is 90.0 Å². The van der Waals surface area contributed by atoms with Gasteiger partial charge in [0.15, 0.2) is 0 Å². The number of sulfonamides is 1. The highest BCUT2D eigenvalue weighted by molar-refractivity contribution is 7.93. The first-order valence-corrected chi connectivity index (χ1v) is 6.96. The summed E-state index contributed by atoms with van der Waals surface area (Å²) in [7, 11) is -1.74. The molecule has 0 fully saturated rings. The van der Waals surface area contributed by atoms with Gasteiger partial charge in [0.05, 0.1) is 10.7 Å². The maximum atomic E-state index is 11.8. The second-order valence-electron chi connectivity index (χ2n) is 3.82. The molecule has 0 aliphatic heterocycles. The molecule has 6 nitrogen and oxygen atoms in total. The predicted octanol–water partition coefficient (Wildman–Crippen LogP) is -0.177. The molecule has 1 aromatic heterocycles. The van der Waals surface area contributed by atoms with Gasteiger partial charge in [-0.2, -0.15) is 5.10 Å². The highest BCUT2D eigenvalue weighted by Crippen LogP contribution is 2.06. The molecule has 1 heterocycles. The van der Waals surface area contributed by atoms with Crippen molar-refractivity contribution in [1.29, 1.82) is 0 Å². The summed E-state index contributed by atoms with van der Waals surface area (Å²) in [6.45, 7) is 3.47. The van der Waals surface area contributed by atoms with Crippen LogP contribution in [0.25, 0.3) is 0 Å². The second-order valence-corrected chi connectivity index (χ2v) is 6.38. The van der Waals surface area contributed by atoms with Gasteiger partial charge >= 0.3 is 0 Å². The maximum absolute atomic E-state index is 11.8. The molecule has 1 aromatic rings. The summed E-state index contributed by atoms with van der Waals surface area (Å²) in [6.07, 6.45) is 1.77. The summed E-state index contributed by atoms with van der Waals surface area (Å²) in [5, 5.41) is 3.24. The van der Waals surface area contributed by atoms with E-state index in [9.17, 15) is 8.42 Å². The molecule has 0 radical (unpaired) electrons. The summed E-state index contributed by atoms with van der Waals surface area (Å²) in [5.41, 5.74) is 6.94. The van der Waals surface area contributed by atoms with Gasteiger partial charge in [-0.05, 0) is 13.8 Å². The van der Waals surface area contributed by atoms with Crippen LogP contribution in [0.2, 0.25) is 0 Å². The van der Waals surface area contributed by atoms with E-state index in [4.69, 9.17) is 5.73 Å². The van der Waals surface area contributed by atoms with Crippen LogP contribution in [0, 0.1) is 6.92 Å². The Labute approximate surface area is 106 Å². The van der Waals surface area contributed by atoms with Crippen molar-refractivity contribution in [3.63, 3.8) is 0 Å².